The summed E-state index contributed by atoms with van der Waals surface area (Å²) in [6, 6.07) is 17.8. The summed E-state index contributed by atoms with van der Waals surface area (Å²) in [6.07, 6.45) is 5.96. The maximum Gasteiger partial charge on any atom is 0.224 e. The highest BCUT2D eigenvalue weighted by Gasteiger charge is 2.44. The number of nitrogens with one attached hydrogen (secondary N) is 1. The second kappa shape index (κ2) is 8.17. The van der Waals surface area contributed by atoms with Gasteiger partial charge >= 0.3 is 0 Å². The maximum absolute atomic E-state index is 13.4. The van der Waals surface area contributed by atoms with Crippen LogP contribution in [0.25, 0.3) is 11.5 Å². The lowest BCUT2D eigenvalue weighted by Gasteiger charge is -2.44. The van der Waals surface area contributed by atoms with Crippen molar-refractivity contribution in [3.05, 3.63) is 65.9 Å². The summed E-state index contributed by atoms with van der Waals surface area (Å²) in [6.45, 7) is 0. The fourth-order valence-corrected chi connectivity index (χ4v) is 4.98. The predicted molar refractivity (Wildman–Crippen MR) is 116 cm³/mol. The second-order valence-electron chi connectivity index (χ2n) is 8.62. The van der Waals surface area contributed by atoms with Crippen LogP contribution in [-0.2, 0) is 10.3 Å². The van der Waals surface area contributed by atoms with Crippen LogP contribution in [0.2, 0.25) is 0 Å². The number of ether oxygens (including phenoxy) is 1. The van der Waals surface area contributed by atoms with E-state index in [0.29, 0.717) is 17.3 Å². The van der Waals surface area contributed by atoms with Gasteiger partial charge in [-0.15, -0.1) is 0 Å². The average molecular weight is 418 g/mol. The molecular formula is C25H27N3O3. The zero-order valence-electron chi connectivity index (χ0n) is 17.7. The van der Waals surface area contributed by atoms with Gasteiger partial charge in [-0.3, -0.25) is 4.79 Å². The van der Waals surface area contributed by atoms with Crippen molar-refractivity contribution < 1.29 is 14.1 Å². The lowest BCUT2D eigenvalue weighted by atomic mass is 9.71. The first kappa shape index (κ1) is 19.8. The van der Waals surface area contributed by atoms with Gasteiger partial charge in [-0.1, -0.05) is 48.0 Å². The molecule has 2 aliphatic carbocycles. The van der Waals surface area contributed by atoms with Gasteiger partial charge in [0.15, 0.2) is 5.76 Å². The molecule has 2 aromatic heterocycles. The highest BCUT2D eigenvalue weighted by Crippen LogP contribution is 2.44. The molecule has 6 heteroatoms. The summed E-state index contributed by atoms with van der Waals surface area (Å²) < 4.78 is 10.8. The quantitative estimate of drug-likeness (QED) is 0.622. The highest BCUT2D eigenvalue weighted by molar-refractivity contribution is 5.81. The Balaban J connectivity index is 1.34. The minimum absolute atomic E-state index is 0.0657. The summed E-state index contributed by atoms with van der Waals surface area (Å²) in [4.78, 5) is 17.8. The van der Waals surface area contributed by atoms with E-state index in [-0.39, 0.29) is 23.3 Å². The SMILES string of the molecule is COc1cccc(-c2cc([C@@H]3CCC[C@H]3C(=O)NC3(c4ccccc4)CCC3)no2)n1. The number of pyridine rings is 1. The van der Waals surface area contributed by atoms with Gasteiger partial charge in [0.05, 0.1) is 18.3 Å². The van der Waals surface area contributed by atoms with E-state index >= 15 is 0 Å². The molecular weight excluding hydrogens is 390 g/mol. The molecule has 2 atom stereocenters. The van der Waals surface area contributed by atoms with Crippen LogP contribution >= 0.6 is 0 Å². The first-order valence-electron chi connectivity index (χ1n) is 11.0. The van der Waals surface area contributed by atoms with Gasteiger partial charge in [-0.2, -0.15) is 0 Å². The molecule has 3 aromatic rings. The molecule has 160 valence electrons. The molecule has 5 rings (SSSR count). The van der Waals surface area contributed by atoms with E-state index in [4.69, 9.17) is 9.26 Å². The number of carbonyl (C=O) groups excluding carboxylic acids is 1. The molecule has 6 nitrogen and oxygen atoms in total. The zero-order valence-corrected chi connectivity index (χ0v) is 17.7. The third kappa shape index (κ3) is 3.71. The summed E-state index contributed by atoms with van der Waals surface area (Å²) >= 11 is 0. The fourth-order valence-electron chi connectivity index (χ4n) is 4.98. The Morgan fingerprint density at radius 3 is 2.68 bits per heavy atom. The average Bonchev–Trinajstić information content (AvgIpc) is 3.46. The van der Waals surface area contributed by atoms with Crippen molar-refractivity contribution in [1.29, 1.82) is 0 Å². The Morgan fingerprint density at radius 2 is 1.94 bits per heavy atom. The molecule has 1 N–H and O–H groups in total. The zero-order chi connectivity index (χ0) is 21.3. The molecule has 1 amide bonds. The topological polar surface area (TPSA) is 77.2 Å². The molecule has 2 aliphatic rings. The van der Waals surface area contributed by atoms with Crippen molar-refractivity contribution in [2.75, 3.05) is 7.11 Å². The van der Waals surface area contributed by atoms with E-state index in [1.165, 1.54) is 5.56 Å². The van der Waals surface area contributed by atoms with Crippen molar-refractivity contribution in [3.8, 4) is 17.3 Å². The molecule has 0 saturated heterocycles. The molecule has 0 radical (unpaired) electrons. The van der Waals surface area contributed by atoms with Gasteiger partial charge in [-0.05, 0) is 43.7 Å². The molecule has 0 bridgehead atoms. The van der Waals surface area contributed by atoms with Gasteiger partial charge in [0.2, 0.25) is 11.8 Å². The van der Waals surface area contributed by atoms with Crippen LogP contribution in [0.3, 0.4) is 0 Å². The fraction of sp³-hybridized carbons (Fsp3) is 0.400. The first-order chi connectivity index (χ1) is 15.2. The Labute approximate surface area is 182 Å². The van der Waals surface area contributed by atoms with Crippen LogP contribution in [0.4, 0.5) is 0 Å². The van der Waals surface area contributed by atoms with Crippen molar-refractivity contribution in [2.24, 2.45) is 5.92 Å². The number of hydrogen-bond acceptors (Lipinski definition) is 5. The summed E-state index contributed by atoms with van der Waals surface area (Å²) in [5, 5.41) is 7.73. The molecule has 31 heavy (non-hydrogen) atoms. The van der Waals surface area contributed by atoms with Crippen molar-refractivity contribution in [3.63, 3.8) is 0 Å². The Hall–Kier alpha value is -3.15. The van der Waals surface area contributed by atoms with Crippen LogP contribution in [-0.4, -0.2) is 23.2 Å². The van der Waals surface area contributed by atoms with Crippen LogP contribution in [0, 0.1) is 5.92 Å². The van der Waals surface area contributed by atoms with Crippen LogP contribution in [0.1, 0.15) is 55.7 Å². The molecule has 0 unspecified atom stereocenters. The molecule has 0 aliphatic heterocycles. The van der Waals surface area contributed by atoms with Crippen molar-refractivity contribution in [1.82, 2.24) is 15.5 Å². The third-order valence-electron chi connectivity index (χ3n) is 6.84. The van der Waals surface area contributed by atoms with E-state index in [1.54, 1.807) is 13.2 Å². The lowest BCUT2D eigenvalue weighted by molar-refractivity contribution is -0.128. The van der Waals surface area contributed by atoms with E-state index in [0.717, 1.165) is 44.2 Å². The van der Waals surface area contributed by atoms with Gasteiger partial charge in [0.1, 0.15) is 5.69 Å². The number of carbonyl (C=O) groups is 1. The third-order valence-corrected chi connectivity index (χ3v) is 6.84. The Kier molecular flexibility index (Phi) is 5.22. The number of hydrogen-bond donors (Lipinski definition) is 1. The van der Waals surface area contributed by atoms with Crippen LogP contribution < -0.4 is 10.1 Å². The molecule has 1 aromatic carbocycles. The number of amides is 1. The Bertz CT molecular complexity index is 1060. The first-order valence-corrected chi connectivity index (χ1v) is 11.0. The Morgan fingerprint density at radius 1 is 1.10 bits per heavy atom. The smallest absolute Gasteiger partial charge is 0.224 e. The minimum Gasteiger partial charge on any atom is -0.481 e. The number of aromatic nitrogens is 2. The monoisotopic (exact) mass is 417 g/mol. The van der Waals surface area contributed by atoms with Gasteiger partial charge in [0.25, 0.3) is 0 Å². The molecule has 2 heterocycles. The number of methoxy groups -OCH3 is 1. The van der Waals surface area contributed by atoms with Crippen LogP contribution in [0.15, 0.2) is 59.1 Å². The molecule has 0 spiro atoms. The lowest BCUT2D eigenvalue weighted by Crippen LogP contribution is -2.52. The van der Waals surface area contributed by atoms with Crippen molar-refractivity contribution in [2.45, 2.75) is 50.0 Å². The normalized spacial score (nSPS) is 22.0. The second-order valence-corrected chi connectivity index (χ2v) is 8.62. The van der Waals surface area contributed by atoms with Gasteiger partial charge < -0.3 is 14.6 Å². The standard InChI is InChI=1S/C25H27N3O3/c1-30-23-13-6-12-20(26-23)22-16-21(28-31-22)18-10-5-11-19(18)24(29)27-25(14-7-15-25)17-8-3-2-4-9-17/h2-4,6,8-9,12-13,16,18-19H,5,7,10-11,14-15H2,1H3,(H,27,29)/t18-,19-/m1/s1. The largest absolute Gasteiger partial charge is 0.481 e. The van der Waals surface area contributed by atoms with Gasteiger partial charge in [0, 0.05) is 24.0 Å². The number of nitrogens with zero attached hydrogens (tertiary/aromatic N) is 2. The summed E-state index contributed by atoms with van der Waals surface area (Å²) in [5.41, 5.74) is 2.50. The highest BCUT2D eigenvalue weighted by atomic mass is 16.5. The predicted octanol–water partition coefficient (Wildman–Crippen LogP) is 4.82. The summed E-state index contributed by atoms with van der Waals surface area (Å²) in [7, 11) is 1.59. The number of benzene rings is 1. The summed E-state index contributed by atoms with van der Waals surface area (Å²) in [5.74, 6) is 1.24. The van der Waals surface area contributed by atoms with E-state index < -0.39 is 0 Å². The molecule has 2 fully saturated rings. The van der Waals surface area contributed by atoms with E-state index in [2.05, 4.69) is 27.6 Å². The van der Waals surface area contributed by atoms with Crippen molar-refractivity contribution >= 4 is 5.91 Å². The molecule has 2 saturated carbocycles. The van der Waals surface area contributed by atoms with Crippen LogP contribution in [0.5, 0.6) is 5.88 Å². The van der Waals surface area contributed by atoms with E-state index in [9.17, 15) is 4.79 Å². The number of rotatable bonds is 6. The minimum atomic E-state index is -0.217. The maximum atomic E-state index is 13.4. The van der Waals surface area contributed by atoms with E-state index in [1.807, 2.05) is 36.4 Å². The van der Waals surface area contributed by atoms with Gasteiger partial charge in [-0.25, -0.2) is 4.98 Å².